The number of aliphatic imine (C=N–C) groups is 1. The second kappa shape index (κ2) is 9.14. The third-order valence-corrected chi connectivity index (χ3v) is 6.39. The van der Waals surface area contributed by atoms with Gasteiger partial charge in [0, 0.05) is 19.0 Å². The van der Waals surface area contributed by atoms with Crippen LogP contribution >= 0.6 is 0 Å². The van der Waals surface area contributed by atoms with Crippen LogP contribution in [-0.4, -0.2) is 22.2 Å². The fourth-order valence-corrected chi connectivity index (χ4v) is 4.79. The van der Waals surface area contributed by atoms with E-state index in [1.807, 2.05) is 65.7 Å². The summed E-state index contributed by atoms with van der Waals surface area (Å²) in [7, 11) is 0. The number of nitrogens with zero attached hydrogens (tertiary/aromatic N) is 2. The second-order valence-electron chi connectivity index (χ2n) is 9.12. The summed E-state index contributed by atoms with van der Waals surface area (Å²) in [6.45, 7) is 4.58. The summed E-state index contributed by atoms with van der Waals surface area (Å²) < 4.78 is 6.15. The van der Waals surface area contributed by atoms with E-state index < -0.39 is 5.54 Å². The molecule has 5 rings (SSSR count). The summed E-state index contributed by atoms with van der Waals surface area (Å²) in [5.74, 6) is 1.07. The van der Waals surface area contributed by atoms with Gasteiger partial charge in [0.2, 0.25) is 0 Å². The highest BCUT2D eigenvalue weighted by atomic mass is 16.5. The molecule has 0 unspecified atom stereocenters. The molecular formula is C30H28N2O2. The summed E-state index contributed by atoms with van der Waals surface area (Å²) in [5.41, 5.74) is 4.81. The van der Waals surface area contributed by atoms with E-state index in [0.29, 0.717) is 31.0 Å². The van der Waals surface area contributed by atoms with E-state index in [4.69, 9.17) is 4.74 Å². The second-order valence-corrected chi connectivity index (χ2v) is 9.12. The first kappa shape index (κ1) is 21.9. The van der Waals surface area contributed by atoms with Gasteiger partial charge in [0.05, 0.1) is 0 Å². The fourth-order valence-electron chi connectivity index (χ4n) is 4.79. The van der Waals surface area contributed by atoms with Gasteiger partial charge in [0.15, 0.2) is 11.6 Å². The summed E-state index contributed by atoms with van der Waals surface area (Å²) in [4.78, 5) is 20.3. The SMILES string of the molecule is Cc1cccc(CC2(Cc3cccc(C)c3)C(=O)N=C3C(OCc4ccccc4)=CC=CN32)c1. The normalized spacial score (nSPS) is 16.2. The van der Waals surface area contributed by atoms with Crippen molar-refractivity contribution < 1.29 is 9.53 Å². The number of amides is 1. The monoisotopic (exact) mass is 448 g/mol. The minimum atomic E-state index is -0.844. The lowest BCUT2D eigenvalue weighted by Gasteiger charge is -2.38. The minimum Gasteiger partial charge on any atom is -0.485 e. The molecule has 0 radical (unpaired) electrons. The molecule has 2 heterocycles. The molecular weight excluding hydrogens is 420 g/mol. The minimum absolute atomic E-state index is 0.133. The Morgan fingerprint density at radius 2 is 1.44 bits per heavy atom. The molecule has 170 valence electrons. The highest BCUT2D eigenvalue weighted by Gasteiger charge is 2.51. The van der Waals surface area contributed by atoms with Crippen molar-refractivity contribution in [2.45, 2.75) is 38.8 Å². The first-order valence-electron chi connectivity index (χ1n) is 11.6. The number of allylic oxidation sites excluding steroid dienone is 2. The van der Waals surface area contributed by atoms with Crippen molar-refractivity contribution in [1.29, 1.82) is 0 Å². The van der Waals surface area contributed by atoms with Gasteiger partial charge >= 0.3 is 0 Å². The number of hydrogen-bond acceptors (Lipinski definition) is 3. The molecule has 0 saturated heterocycles. The molecule has 0 aromatic heterocycles. The molecule has 0 bridgehead atoms. The Bertz CT molecular complexity index is 1260. The number of aryl methyl sites for hydroxylation is 2. The van der Waals surface area contributed by atoms with Crippen molar-refractivity contribution in [3.8, 4) is 0 Å². The largest absolute Gasteiger partial charge is 0.485 e. The topological polar surface area (TPSA) is 41.9 Å². The molecule has 4 heteroatoms. The van der Waals surface area contributed by atoms with Crippen LogP contribution in [0.5, 0.6) is 0 Å². The lowest BCUT2D eigenvalue weighted by atomic mass is 9.82. The van der Waals surface area contributed by atoms with Gasteiger partial charge < -0.3 is 9.64 Å². The van der Waals surface area contributed by atoms with Crippen LogP contribution in [0.3, 0.4) is 0 Å². The molecule has 0 atom stereocenters. The van der Waals surface area contributed by atoms with Crippen LogP contribution in [0.25, 0.3) is 0 Å². The van der Waals surface area contributed by atoms with E-state index in [1.165, 1.54) is 11.1 Å². The third kappa shape index (κ3) is 4.32. The van der Waals surface area contributed by atoms with Crippen LogP contribution in [0.2, 0.25) is 0 Å². The van der Waals surface area contributed by atoms with Crippen molar-refractivity contribution in [2.24, 2.45) is 4.99 Å². The number of carbonyl (C=O) groups excluding carboxylic acids is 1. The van der Waals surface area contributed by atoms with Crippen molar-refractivity contribution in [3.05, 3.63) is 131 Å². The maximum absolute atomic E-state index is 13.7. The molecule has 0 aliphatic carbocycles. The summed E-state index contributed by atoms with van der Waals surface area (Å²) >= 11 is 0. The number of carbonyl (C=O) groups is 1. The van der Waals surface area contributed by atoms with Gasteiger partial charge in [-0.2, -0.15) is 4.99 Å². The Balaban J connectivity index is 1.49. The van der Waals surface area contributed by atoms with Crippen LogP contribution in [0, 0.1) is 13.8 Å². The van der Waals surface area contributed by atoms with Crippen molar-refractivity contribution in [2.75, 3.05) is 0 Å². The summed E-state index contributed by atoms with van der Waals surface area (Å²) in [6.07, 6.45) is 6.92. The zero-order valence-electron chi connectivity index (χ0n) is 19.6. The Morgan fingerprint density at radius 3 is 2.06 bits per heavy atom. The molecule has 2 aliphatic heterocycles. The Morgan fingerprint density at radius 1 is 0.824 bits per heavy atom. The Kier molecular flexibility index (Phi) is 5.89. The predicted octanol–water partition coefficient (Wildman–Crippen LogP) is 5.70. The van der Waals surface area contributed by atoms with Crippen molar-refractivity contribution in [3.63, 3.8) is 0 Å². The van der Waals surface area contributed by atoms with E-state index in [0.717, 1.165) is 16.7 Å². The van der Waals surface area contributed by atoms with Crippen molar-refractivity contribution >= 4 is 11.7 Å². The van der Waals surface area contributed by atoms with Crippen LogP contribution in [0.15, 0.2) is 108 Å². The van der Waals surface area contributed by atoms with E-state index in [9.17, 15) is 4.79 Å². The molecule has 4 nitrogen and oxygen atoms in total. The van der Waals surface area contributed by atoms with E-state index >= 15 is 0 Å². The van der Waals surface area contributed by atoms with Gasteiger partial charge in [-0.25, -0.2) is 0 Å². The van der Waals surface area contributed by atoms with Crippen molar-refractivity contribution in [1.82, 2.24) is 4.90 Å². The van der Waals surface area contributed by atoms with Crippen LogP contribution in [0.1, 0.15) is 27.8 Å². The molecule has 3 aromatic carbocycles. The van der Waals surface area contributed by atoms with Gasteiger partial charge in [-0.05, 0) is 42.7 Å². The third-order valence-electron chi connectivity index (χ3n) is 6.39. The van der Waals surface area contributed by atoms with Gasteiger partial charge in [0.1, 0.15) is 12.1 Å². The van der Waals surface area contributed by atoms with Gasteiger partial charge in [0.25, 0.3) is 5.91 Å². The quantitative estimate of drug-likeness (QED) is 0.466. The molecule has 3 aromatic rings. The fraction of sp³-hybridized carbons (Fsp3) is 0.200. The first-order chi connectivity index (χ1) is 16.5. The zero-order chi connectivity index (χ0) is 23.5. The lowest BCUT2D eigenvalue weighted by molar-refractivity contribution is -0.124. The van der Waals surface area contributed by atoms with Crippen LogP contribution in [-0.2, 0) is 29.0 Å². The molecule has 0 N–H and O–H groups in total. The van der Waals surface area contributed by atoms with Crippen LogP contribution in [0.4, 0.5) is 0 Å². The zero-order valence-corrected chi connectivity index (χ0v) is 19.6. The van der Waals surface area contributed by atoms with Gasteiger partial charge in [-0.1, -0.05) is 90.0 Å². The average molecular weight is 449 g/mol. The molecule has 1 amide bonds. The number of fused-ring (bicyclic) bond motifs is 1. The molecule has 2 aliphatic rings. The maximum atomic E-state index is 13.7. The number of rotatable bonds is 7. The number of hydrogen-bond donors (Lipinski definition) is 0. The predicted molar refractivity (Wildman–Crippen MR) is 135 cm³/mol. The Labute approximate surface area is 200 Å². The number of amidine groups is 1. The number of ether oxygens (including phenoxy) is 1. The standard InChI is InChI=1S/C30H28N2O2/c1-22-9-6-13-25(17-22)19-30(20-26-14-7-10-23(2)18-26)29(33)31-28-27(15-8-16-32(28)30)34-21-24-11-4-3-5-12-24/h3-18H,19-21H2,1-2H3. The summed E-state index contributed by atoms with van der Waals surface area (Å²) in [5, 5.41) is 0. The van der Waals surface area contributed by atoms with E-state index in [-0.39, 0.29) is 5.91 Å². The van der Waals surface area contributed by atoms with Crippen LogP contribution < -0.4 is 0 Å². The van der Waals surface area contributed by atoms with E-state index in [1.54, 1.807) is 0 Å². The molecule has 0 saturated carbocycles. The highest BCUT2D eigenvalue weighted by Crippen LogP contribution is 2.36. The van der Waals surface area contributed by atoms with E-state index in [2.05, 4.69) is 55.2 Å². The highest BCUT2D eigenvalue weighted by molar-refractivity contribution is 6.14. The van der Waals surface area contributed by atoms with Gasteiger partial charge in [-0.15, -0.1) is 0 Å². The lowest BCUT2D eigenvalue weighted by Crippen LogP contribution is -2.53. The molecule has 0 fully saturated rings. The number of benzene rings is 3. The molecule has 0 spiro atoms. The summed E-state index contributed by atoms with van der Waals surface area (Å²) in [6, 6.07) is 26.8. The maximum Gasteiger partial charge on any atom is 0.274 e. The average Bonchev–Trinajstić information content (AvgIpc) is 3.10. The first-order valence-corrected chi connectivity index (χ1v) is 11.6. The van der Waals surface area contributed by atoms with Gasteiger partial charge in [-0.3, -0.25) is 4.79 Å². The Hall–Kier alpha value is -3.92. The molecule has 34 heavy (non-hydrogen) atoms. The smallest absolute Gasteiger partial charge is 0.274 e.